The number of nitrogens with two attached hydrogens (primary N) is 1. The van der Waals surface area contributed by atoms with Gasteiger partial charge >= 0.3 is 12.1 Å². The van der Waals surface area contributed by atoms with Gasteiger partial charge in [-0.1, -0.05) is 0 Å². The van der Waals surface area contributed by atoms with Gasteiger partial charge in [-0.3, -0.25) is 4.79 Å². The third-order valence-corrected chi connectivity index (χ3v) is 1.09. The number of hydrogen-bond acceptors (Lipinski definition) is 2. The van der Waals surface area contributed by atoms with Crippen LogP contribution in [0.1, 0.15) is 12.8 Å². The van der Waals surface area contributed by atoms with Crippen molar-refractivity contribution >= 4 is 18.4 Å². The van der Waals surface area contributed by atoms with E-state index < -0.39 is 31.0 Å². The fourth-order valence-electron chi connectivity index (χ4n) is 0.443. The molecule has 0 amide bonds. The van der Waals surface area contributed by atoms with Gasteiger partial charge in [-0.15, -0.1) is 12.4 Å². The van der Waals surface area contributed by atoms with Crippen LogP contribution >= 0.6 is 12.4 Å². The molecule has 0 radical (unpaired) electrons. The number of carboxylic acid groups (broad SMARTS) is 1. The molecule has 0 aliphatic heterocycles. The summed E-state index contributed by atoms with van der Waals surface area (Å²) in [6.07, 6.45) is -5.62. The molecule has 0 aromatic carbocycles. The molecule has 0 saturated heterocycles. The van der Waals surface area contributed by atoms with Crippen molar-refractivity contribution in [3.8, 4) is 0 Å². The predicted octanol–water partition coefficient (Wildman–Crippen LogP) is 1.16. The van der Waals surface area contributed by atoms with Gasteiger partial charge in [-0.2, -0.15) is 13.2 Å². The molecule has 0 aliphatic carbocycles. The standard InChI is InChI=1S/C5H8F3NO2.ClH/c6-5(7,8)3(9)1-2-4(10)11;/h3H,1-2,9H2,(H,10,11);1H. The molecule has 0 bridgehead atoms. The minimum Gasteiger partial charge on any atom is -0.481 e. The van der Waals surface area contributed by atoms with E-state index in [1.54, 1.807) is 0 Å². The van der Waals surface area contributed by atoms with Gasteiger partial charge < -0.3 is 10.8 Å². The van der Waals surface area contributed by atoms with Crippen LogP contribution in [0.5, 0.6) is 0 Å². The van der Waals surface area contributed by atoms with Gasteiger partial charge in [0.05, 0.1) is 0 Å². The number of rotatable bonds is 3. The quantitative estimate of drug-likeness (QED) is 0.730. The summed E-state index contributed by atoms with van der Waals surface area (Å²) < 4.78 is 34.7. The number of alkyl halides is 3. The Bertz CT molecular complexity index is 150. The van der Waals surface area contributed by atoms with Crippen molar-refractivity contribution in [1.82, 2.24) is 0 Å². The van der Waals surface area contributed by atoms with E-state index in [-0.39, 0.29) is 12.4 Å². The molecule has 0 saturated carbocycles. The first-order valence-electron chi connectivity index (χ1n) is 2.88. The molecule has 1 unspecified atom stereocenters. The van der Waals surface area contributed by atoms with Gasteiger partial charge in [-0.25, -0.2) is 0 Å². The molecule has 1 atom stereocenters. The maximum atomic E-state index is 11.6. The van der Waals surface area contributed by atoms with E-state index in [1.807, 2.05) is 0 Å². The molecule has 0 aromatic heterocycles. The second-order valence-corrected chi connectivity index (χ2v) is 2.08. The monoisotopic (exact) mass is 207 g/mol. The van der Waals surface area contributed by atoms with Crippen LogP contribution in [0.2, 0.25) is 0 Å². The van der Waals surface area contributed by atoms with Crippen molar-refractivity contribution in [2.24, 2.45) is 5.73 Å². The summed E-state index contributed by atoms with van der Waals surface area (Å²) in [5.41, 5.74) is 4.61. The first-order chi connectivity index (χ1) is 4.84. The molecule has 0 spiro atoms. The van der Waals surface area contributed by atoms with Crippen LogP contribution in [0, 0.1) is 0 Å². The summed E-state index contributed by atoms with van der Waals surface area (Å²) in [7, 11) is 0. The van der Waals surface area contributed by atoms with Gasteiger partial charge in [-0.05, 0) is 6.42 Å². The summed E-state index contributed by atoms with van der Waals surface area (Å²) in [4.78, 5) is 9.81. The maximum absolute atomic E-state index is 11.6. The Morgan fingerprint density at radius 3 is 2.17 bits per heavy atom. The lowest BCUT2D eigenvalue weighted by Gasteiger charge is -2.13. The van der Waals surface area contributed by atoms with Crippen LogP contribution in [0.15, 0.2) is 0 Å². The fraction of sp³-hybridized carbons (Fsp3) is 0.800. The number of carboxylic acids is 1. The largest absolute Gasteiger partial charge is 0.481 e. The van der Waals surface area contributed by atoms with Crippen molar-refractivity contribution in [1.29, 1.82) is 0 Å². The number of halogens is 4. The lowest BCUT2D eigenvalue weighted by Crippen LogP contribution is -2.37. The lowest BCUT2D eigenvalue weighted by atomic mass is 10.1. The average Bonchev–Trinajstić information content (AvgIpc) is 1.80. The third-order valence-electron chi connectivity index (χ3n) is 1.09. The maximum Gasteiger partial charge on any atom is 0.403 e. The summed E-state index contributed by atoms with van der Waals surface area (Å²) in [5, 5.41) is 8.01. The van der Waals surface area contributed by atoms with Crippen LogP contribution in [-0.4, -0.2) is 23.3 Å². The van der Waals surface area contributed by atoms with Gasteiger partial charge in [0.15, 0.2) is 0 Å². The normalized spacial score (nSPS) is 13.3. The van der Waals surface area contributed by atoms with Gasteiger partial charge in [0.1, 0.15) is 6.04 Å². The second kappa shape index (κ2) is 5.21. The van der Waals surface area contributed by atoms with E-state index in [2.05, 4.69) is 5.73 Å². The predicted molar refractivity (Wildman–Crippen MR) is 38.1 cm³/mol. The highest BCUT2D eigenvalue weighted by atomic mass is 35.5. The van der Waals surface area contributed by atoms with Crippen LogP contribution in [0.25, 0.3) is 0 Å². The Kier molecular flexibility index (Phi) is 6.10. The Balaban J connectivity index is 0. The zero-order valence-corrected chi connectivity index (χ0v) is 6.78. The summed E-state index contributed by atoms with van der Waals surface area (Å²) in [5.74, 6) is -1.27. The van der Waals surface area contributed by atoms with Gasteiger partial charge in [0.25, 0.3) is 0 Å². The molecule has 0 fully saturated rings. The van der Waals surface area contributed by atoms with Crippen molar-refractivity contribution in [3.63, 3.8) is 0 Å². The first-order valence-corrected chi connectivity index (χ1v) is 2.88. The van der Waals surface area contributed by atoms with Crippen LogP contribution in [-0.2, 0) is 4.79 Å². The average molecular weight is 208 g/mol. The molecular weight excluding hydrogens is 199 g/mol. The SMILES string of the molecule is Cl.NC(CCC(=O)O)C(F)(F)F. The molecule has 0 aliphatic rings. The Morgan fingerprint density at radius 1 is 1.50 bits per heavy atom. The highest BCUT2D eigenvalue weighted by Gasteiger charge is 2.36. The van der Waals surface area contributed by atoms with E-state index in [0.29, 0.717) is 0 Å². The molecule has 0 aromatic rings. The Labute approximate surface area is 73.1 Å². The number of carbonyl (C=O) groups is 1. The van der Waals surface area contributed by atoms with Crippen LogP contribution in [0.4, 0.5) is 13.2 Å². The smallest absolute Gasteiger partial charge is 0.403 e. The Hall–Kier alpha value is -0.490. The van der Waals surface area contributed by atoms with E-state index in [0.717, 1.165) is 0 Å². The van der Waals surface area contributed by atoms with E-state index in [4.69, 9.17) is 5.11 Å². The Morgan fingerprint density at radius 2 is 1.92 bits per heavy atom. The fourth-order valence-corrected chi connectivity index (χ4v) is 0.443. The molecule has 0 heterocycles. The van der Waals surface area contributed by atoms with Gasteiger partial charge in [0, 0.05) is 6.42 Å². The third kappa shape index (κ3) is 6.23. The zero-order chi connectivity index (χ0) is 9.07. The van der Waals surface area contributed by atoms with Crippen molar-refractivity contribution < 1.29 is 23.1 Å². The van der Waals surface area contributed by atoms with E-state index in [1.165, 1.54) is 0 Å². The minimum absolute atomic E-state index is 0. The van der Waals surface area contributed by atoms with Crippen molar-refractivity contribution in [3.05, 3.63) is 0 Å². The molecular formula is C5H9ClF3NO2. The molecule has 7 heteroatoms. The summed E-state index contributed by atoms with van der Waals surface area (Å²) in [6, 6.07) is -2.03. The van der Waals surface area contributed by atoms with Crippen molar-refractivity contribution in [2.75, 3.05) is 0 Å². The lowest BCUT2D eigenvalue weighted by molar-refractivity contribution is -0.152. The summed E-state index contributed by atoms with van der Waals surface area (Å²) in [6.45, 7) is 0. The topological polar surface area (TPSA) is 63.3 Å². The van der Waals surface area contributed by atoms with Crippen LogP contribution in [0.3, 0.4) is 0 Å². The summed E-state index contributed by atoms with van der Waals surface area (Å²) >= 11 is 0. The second-order valence-electron chi connectivity index (χ2n) is 2.08. The highest BCUT2D eigenvalue weighted by Crippen LogP contribution is 2.21. The molecule has 3 N–H and O–H groups in total. The number of hydrogen-bond donors (Lipinski definition) is 2. The molecule has 3 nitrogen and oxygen atoms in total. The van der Waals surface area contributed by atoms with E-state index in [9.17, 15) is 18.0 Å². The van der Waals surface area contributed by atoms with Crippen molar-refractivity contribution in [2.45, 2.75) is 25.1 Å². The highest BCUT2D eigenvalue weighted by molar-refractivity contribution is 5.85. The zero-order valence-electron chi connectivity index (χ0n) is 5.97. The molecule has 0 rings (SSSR count). The molecule has 12 heavy (non-hydrogen) atoms. The molecule has 74 valence electrons. The number of aliphatic carboxylic acids is 1. The van der Waals surface area contributed by atoms with Crippen LogP contribution < -0.4 is 5.73 Å². The van der Waals surface area contributed by atoms with E-state index >= 15 is 0 Å². The van der Waals surface area contributed by atoms with Gasteiger partial charge in [0.2, 0.25) is 0 Å². The minimum atomic E-state index is -4.49. The first kappa shape index (κ1) is 14.1.